The van der Waals surface area contributed by atoms with Gasteiger partial charge >= 0.3 is 5.97 Å². The summed E-state index contributed by atoms with van der Waals surface area (Å²) in [5.41, 5.74) is 3.97. The Hall–Kier alpha value is -3.08. The lowest BCUT2D eigenvalue weighted by Crippen LogP contribution is -2.28. The Labute approximate surface area is 184 Å². The van der Waals surface area contributed by atoms with Gasteiger partial charge in [-0.15, -0.1) is 0 Å². The predicted molar refractivity (Wildman–Crippen MR) is 123 cm³/mol. The summed E-state index contributed by atoms with van der Waals surface area (Å²) in [7, 11) is 0. The van der Waals surface area contributed by atoms with E-state index in [-0.39, 0.29) is 18.0 Å². The molecule has 0 saturated carbocycles. The van der Waals surface area contributed by atoms with E-state index in [1.54, 1.807) is 6.92 Å². The van der Waals surface area contributed by atoms with Crippen LogP contribution in [0.2, 0.25) is 0 Å². The average Bonchev–Trinajstić information content (AvgIpc) is 3.18. The molecule has 31 heavy (non-hydrogen) atoms. The van der Waals surface area contributed by atoms with E-state index in [9.17, 15) is 4.79 Å². The van der Waals surface area contributed by atoms with Gasteiger partial charge in [0.15, 0.2) is 0 Å². The van der Waals surface area contributed by atoms with Crippen molar-refractivity contribution in [2.45, 2.75) is 47.5 Å². The Morgan fingerprint density at radius 1 is 1.10 bits per heavy atom. The van der Waals surface area contributed by atoms with Crippen molar-refractivity contribution >= 4 is 16.9 Å². The zero-order valence-corrected chi connectivity index (χ0v) is 19.1. The van der Waals surface area contributed by atoms with Gasteiger partial charge in [0.25, 0.3) is 0 Å². The molecular formula is C26H31NO4. The SMILES string of the molecule is C=C(C)C(=O)OCC(C)(C)COc1ccc2cc(-c3ccc(CC)nc3CC)oc2c1. The molecule has 0 aliphatic rings. The summed E-state index contributed by atoms with van der Waals surface area (Å²) in [6.45, 7) is 14.1. The molecular weight excluding hydrogens is 390 g/mol. The number of hydrogen-bond acceptors (Lipinski definition) is 5. The van der Waals surface area contributed by atoms with Gasteiger partial charge in [0.1, 0.15) is 17.1 Å². The first kappa shape index (κ1) is 22.6. The van der Waals surface area contributed by atoms with Crippen LogP contribution in [0.25, 0.3) is 22.3 Å². The third kappa shape index (κ3) is 5.54. The first-order valence-corrected chi connectivity index (χ1v) is 10.7. The number of aromatic nitrogens is 1. The molecule has 0 radical (unpaired) electrons. The lowest BCUT2D eigenvalue weighted by Gasteiger charge is -2.24. The molecule has 0 atom stereocenters. The van der Waals surface area contributed by atoms with Crippen molar-refractivity contribution in [3.05, 3.63) is 59.9 Å². The molecule has 0 saturated heterocycles. The molecule has 0 unspecified atom stereocenters. The molecule has 2 aromatic heterocycles. The van der Waals surface area contributed by atoms with Crippen LogP contribution in [0.5, 0.6) is 5.75 Å². The molecule has 3 aromatic rings. The topological polar surface area (TPSA) is 61.6 Å². The zero-order chi connectivity index (χ0) is 22.6. The molecule has 2 heterocycles. The molecule has 164 valence electrons. The number of pyridine rings is 1. The number of hydrogen-bond donors (Lipinski definition) is 0. The van der Waals surface area contributed by atoms with Crippen LogP contribution in [0.1, 0.15) is 46.0 Å². The van der Waals surface area contributed by atoms with Crippen LogP contribution < -0.4 is 4.74 Å². The maximum Gasteiger partial charge on any atom is 0.333 e. The van der Waals surface area contributed by atoms with Gasteiger partial charge in [-0.1, -0.05) is 34.3 Å². The average molecular weight is 422 g/mol. The molecule has 0 spiro atoms. The van der Waals surface area contributed by atoms with Gasteiger partial charge in [-0.2, -0.15) is 0 Å². The van der Waals surface area contributed by atoms with Gasteiger partial charge < -0.3 is 13.9 Å². The second-order valence-corrected chi connectivity index (χ2v) is 8.62. The summed E-state index contributed by atoms with van der Waals surface area (Å²) in [5.74, 6) is 1.14. The first-order valence-electron chi connectivity index (χ1n) is 10.7. The summed E-state index contributed by atoms with van der Waals surface area (Å²) in [6.07, 6.45) is 1.76. The van der Waals surface area contributed by atoms with Gasteiger partial charge in [0.2, 0.25) is 0 Å². The Morgan fingerprint density at radius 3 is 2.55 bits per heavy atom. The quantitative estimate of drug-likeness (QED) is 0.307. The minimum absolute atomic E-state index is 0.256. The number of furan rings is 1. The third-order valence-electron chi connectivity index (χ3n) is 5.06. The molecule has 0 aliphatic carbocycles. The molecule has 0 N–H and O–H groups in total. The van der Waals surface area contributed by atoms with Crippen LogP contribution in [0.3, 0.4) is 0 Å². The van der Waals surface area contributed by atoms with Crippen molar-refractivity contribution in [3.8, 4) is 17.1 Å². The Kier molecular flexibility index (Phi) is 6.84. The summed E-state index contributed by atoms with van der Waals surface area (Å²) < 4.78 is 17.4. The van der Waals surface area contributed by atoms with Crippen LogP contribution >= 0.6 is 0 Å². The maximum absolute atomic E-state index is 11.6. The number of esters is 1. The standard InChI is InChI=1S/C26H31NO4/c1-7-19-10-12-21(22(8-2)27-19)24-13-18-9-11-20(14-23(18)31-24)29-15-26(5,6)16-30-25(28)17(3)4/h9-14H,3,7-8,15-16H2,1-2,4-6H3. The Morgan fingerprint density at radius 2 is 1.87 bits per heavy atom. The summed E-state index contributed by atoms with van der Waals surface area (Å²) in [4.78, 5) is 16.4. The molecule has 0 fully saturated rings. The number of benzene rings is 1. The van der Waals surface area contributed by atoms with Gasteiger partial charge in [-0.3, -0.25) is 4.98 Å². The molecule has 5 heteroatoms. The van der Waals surface area contributed by atoms with E-state index in [0.29, 0.717) is 17.9 Å². The molecule has 5 nitrogen and oxygen atoms in total. The second-order valence-electron chi connectivity index (χ2n) is 8.62. The van der Waals surface area contributed by atoms with E-state index in [0.717, 1.165) is 46.5 Å². The van der Waals surface area contributed by atoms with Gasteiger partial charge in [-0.25, -0.2) is 4.79 Å². The summed E-state index contributed by atoms with van der Waals surface area (Å²) in [5, 5.41) is 1.01. The molecule has 0 aliphatic heterocycles. The summed E-state index contributed by atoms with van der Waals surface area (Å²) in [6, 6.07) is 12.0. The largest absolute Gasteiger partial charge is 0.493 e. The maximum atomic E-state index is 11.6. The smallest absolute Gasteiger partial charge is 0.333 e. The van der Waals surface area contributed by atoms with E-state index in [1.807, 2.05) is 38.1 Å². The van der Waals surface area contributed by atoms with E-state index in [2.05, 4.69) is 32.6 Å². The van der Waals surface area contributed by atoms with Crippen LogP contribution in [-0.4, -0.2) is 24.2 Å². The zero-order valence-electron chi connectivity index (χ0n) is 19.1. The number of nitrogens with zero attached hydrogens (tertiary/aromatic N) is 1. The van der Waals surface area contributed by atoms with E-state index in [1.165, 1.54) is 0 Å². The van der Waals surface area contributed by atoms with E-state index in [4.69, 9.17) is 18.9 Å². The summed E-state index contributed by atoms with van der Waals surface area (Å²) >= 11 is 0. The number of carbonyl (C=O) groups excluding carboxylic acids is 1. The fourth-order valence-corrected chi connectivity index (χ4v) is 3.18. The second kappa shape index (κ2) is 9.38. The third-order valence-corrected chi connectivity index (χ3v) is 5.06. The molecule has 3 rings (SSSR count). The lowest BCUT2D eigenvalue weighted by atomic mass is 9.96. The fraction of sp³-hybridized carbons (Fsp3) is 0.385. The van der Waals surface area contributed by atoms with Crippen molar-refractivity contribution in [2.75, 3.05) is 13.2 Å². The number of ether oxygens (including phenoxy) is 2. The van der Waals surface area contributed by atoms with Gasteiger partial charge in [0, 0.05) is 33.7 Å². The highest BCUT2D eigenvalue weighted by Gasteiger charge is 2.22. The van der Waals surface area contributed by atoms with Crippen molar-refractivity contribution in [1.29, 1.82) is 0 Å². The number of fused-ring (bicyclic) bond motifs is 1. The normalized spacial score (nSPS) is 11.5. The van der Waals surface area contributed by atoms with Gasteiger partial charge in [-0.05, 0) is 50.1 Å². The number of rotatable bonds is 9. The van der Waals surface area contributed by atoms with Crippen LogP contribution in [0.4, 0.5) is 0 Å². The Bertz CT molecular complexity index is 1090. The van der Waals surface area contributed by atoms with Crippen LogP contribution in [0, 0.1) is 5.41 Å². The van der Waals surface area contributed by atoms with Crippen molar-refractivity contribution in [2.24, 2.45) is 5.41 Å². The molecule has 0 bridgehead atoms. The molecule has 1 aromatic carbocycles. The number of aryl methyl sites for hydroxylation is 2. The first-order chi connectivity index (χ1) is 14.7. The van der Waals surface area contributed by atoms with Crippen molar-refractivity contribution in [3.63, 3.8) is 0 Å². The highest BCUT2D eigenvalue weighted by atomic mass is 16.5. The minimum Gasteiger partial charge on any atom is -0.493 e. The minimum atomic E-state index is -0.384. The lowest BCUT2D eigenvalue weighted by molar-refractivity contribution is -0.142. The van der Waals surface area contributed by atoms with E-state index < -0.39 is 0 Å². The number of carbonyl (C=O) groups is 1. The van der Waals surface area contributed by atoms with Crippen LogP contribution in [-0.2, 0) is 22.4 Å². The molecule has 0 amide bonds. The monoisotopic (exact) mass is 421 g/mol. The predicted octanol–water partition coefficient (Wildman–Crippen LogP) is 6.14. The van der Waals surface area contributed by atoms with Crippen molar-refractivity contribution < 1.29 is 18.7 Å². The van der Waals surface area contributed by atoms with Crippen molar-refractivity contribution in [1.82, 2.24) is 4.98 Å². The van der Waals surface area contributed by atoms with E-state index >= 15 is 0 Å². The highest BCUT2D eigenvalue weighted by molar-refractivity contribution is 5.87. The highest BCUT2D eigenvalue weighted by Crippen LogP contribution is 2.32. The van der Waals surface area contributed by atoms with Crippen LogP contribution in [0.15, 0.2) is 53.0 Å². The van der Waals surface area contributed by atoms with Gasteiger partial charge in [0.05, 0.1) is 18.9 Å². The fourth-order valence-electron chi connectivity index (χ4n) is 3.18. The Balaban J connectivity index is 1.74.